The highest BCUT2D eigenvalue weighted by Crippen LogP contribution is 2.20. The van der Waals surface area contributed by atoms with Gasteiger partial charge in [0, 0.05) is 31.9 Å². The maximum Gasteiger partial charge on any atom is 0.119 e. The number of unbranched alkanes of at least 4 members (excludes halogenated alkanes) is 1. The Bertz CT molecular complexity index is 372. The lowest BCUT2D eigenvalue weighted by Crippen LogP contribution is -2.46. The van der Waals surface area contributed by atoms with Crippen molar-refractivity contribution in [1.29, 1.82) is 0 Å². The van der Waals surface area contributed by atoms with Crippen molar-refractivity contribution >= 4 is 5.69 Å². The van der Waals surface area contributed by atoms with Crippen molar-refractivity contribution in [1.82, 2.24) is 10.2 Å². The molecule has 0 unspecified atom stereocenters. The first-order chi connectivity index (χ1) is 9.83. The molecule has 1 fully saturated rings. The molecule has 0 spiro atoms. The Morgan fingerprint density at radius 2 is 1.75 bits per heavy atom. The number of anilines is 1. The minimum atomic E-state index is 0.928. The summed E-state index contributed by atoms with van der Waals surface area (Å²) < 4.78 is 5.21. The number of hydrogen-bond donors (Lipinski definition) is 1. The van der Waals surface area contributed by atoms with Gasteiger partial charge in [-0.1, -0.05) is 0 Å². The van der Waals surface area contributed by atoms with Gasteiger partial charge in [0.25, 0.3) is 0 Å². The number of ether oxygens (including phenoxy) is 1. The van der Waals surface area contributed by atoms with Crippen LogP contribution in [0.1, 0.15) is 12.8 Å². The van der Waals surface area contributed by atoms with E-state index < -0.39 is 0 Å². The first-order valence-electron chi connectivity index (χ1n) is 7.59. The first kappa shape index (κ1) is 15.1. The summed E-state index contributed by atoms with van der Waals surface area (Å²) in [6, 6.07) is 8.39. The van der Waals surface area contributed by atoms with E-state index in [0.717, 1.165) is 25.4 Å². The first-order valence-corrected chi connectivity index (χ1v) is 7.59. The largest absolute Gasteiger partial charge is 0.497 e. The van der Waals surface area contributed by atoms with Crippen LogP contribution in [0.15, 0.2) is 24.3 Å². The molecule has 0 aliphatic carbocycles. The van der Waals surface area contributed by atoms with Crippen molar-refractivity contribution in [3.05, 3.63) is 24.3 Å². The predicted octanol–water partition coefficient (Wildman–Crippen LogP) is 1.82. The Hall–Kier alpha value is -1.26. The Kier molecular flexibility index (Phi) is 6.15. The molecule has 1 heterocycles. The molecule has 1 aromatic rings. The average Bonchev–Trinajstić information content (AvgIpc) is 2.52. The van der Waals surface area contributed by atoms with Crippen LogP contribution in [0.2, 0.25) is 0 Å². The van der Waals surface area contributed by atoms with Gasteiger partial charge in [0.15, 0.2) is 0 Å². The molecular formula is C16H27N3O. The number of hydrogen-bond acceptors (Lipinski definition) is 4. The van der Waals surface area contributed by atoms with E-state index in [4.69, 9.17) is 4.74 Å². The van der Waals surface area contributed by atoms with Crippen LogP contribution in [-0.4, -0.2) is 58.3 Å². The molecule has 20 heavy (non-hydrogen) atoms. The number of rotatable bonds is 7. The maximum atomic E-state index is 5.21. The highest BCUT2D eigenvalue weighted by molar-refractivity contribution is 5.49. The molecule has 1 N–H and O–H groups in total. The van der Waals surface area contributed by atoms with Gasteiger partial charge in [0.2, 0.25) is 0 Å². The van der Waals surface area contributed by atoms with Gasteiger partial charge in [-0.2, -0.15) is 0 Å². The third-order valence-electron chi connectivity index (χ3n) is 3.96. The van der Waals surface area contributed by atoms with Gasteiger partial charge in [-0.25, -0.2) is 0 Å². The zero-order chi connectivity index (χ0) is 14.2. The summed E-state index contributed by atoms with van der Waals surface area (Å²) in [4.78, 5) is 5.04. The second kappa shape index (κ2) is 8.12. The van der Waals surface area contributed by atoms with Crippen molar-refractivity contribution in [3.63, 3.8) is 0 Å². The number of methoxy groups -OCH3 is 1. The van der Waals surface area contributed by atoms with Crippen LogP contribution in [0.5, 0.6) is 5.75 Å². The lowest BCUT2D eigenvalue weighted by molar-refractivity contribution is 0.253. The van der Waals surface area contributed by atoms with E-state index in [2.05, 4.69) is 27.2 Å². The summed E-state index contributed by atoms with van der Waals surface area (Å²) in [5.41, 5.74) is 1.31. The maximum absolute atomic E-state index is 5.21. The molecule has 2 rings (SSSR count). The van der Waals surface area contributed by atoms with Crippen molar-refractivity contribution in [2.24, 2.45) is 0 Å². The smallest absolute Gasteiger partial charge is 0.119 e. The van der Waals surface area contributed by atoms with E-state index in [9.17, 15) is 0 Å². The quantitative estimate of drug-likeness (QED) is 0.769. The molecule has 1 aliphatic rings. The SMILES string of the molecule is CNCCCCN1CCN(c2ccc(OC)cc2)CC1. The Morgan fingerprint density at radius 1 is 1.05 bits per heavy atom. The predicted molar refractivity (Wildman–Crippen MR) is 84.8 cm³/mol. The van der Waals surface area contributed by atoms with Gasteiger partial charge in [0.05, 0.1) is 7.11 Å². The summed E-state index contributed by atoms with van der Waals surface area (Å²) in [6.07, 6.45) is 2.57. The fourth-order valence-electron chi connectivity index (χ4n) is 2.66. The van der Waals surface area contributed by atoms with Gasteiger partial charge < -0.3 is 15.0 Å². The van der Waals surface area contributed by atoms with E-state index in [1.54, 1.807) is 7.11 Å². The lowest BCUT2D eigenvalue weighted by Gasteiger charge is -2.36. The van der Waals surface area contributed by atoms with Crippen LogP contribution < -0.4 is 15.0 Å². The third-order valence-corrected chi connectivity index (χ3v) is 3.96. The Labute approximate surface area is 122 Å². The van der Waals surface area contributed by atoms with Crippen LogP contribution >= 0.6 is 0 Å². The highest BCUT2D eigenvalue weighted by Gasteiger charge is 2.16. The molecule has 0 aromatic heterocycles. The van der Waals surface area contributed by atoms with Crippen LogP contribution in [-0.2, 0) is 0 Å². The topological polar surface area (TPSA) is 27.7 Å². The van der Waals surface area contributed by atoms with Crippen LogP contribution in [0.25, 0.3) is 0 Å². The number of nitrogens with zero attached hydrogens (tertiary/aromatic N) is 2. The van der Waals surface area contributed by atoms with Gasteiger partial charge in [0.1, 0.15) is 5.75 Å². The van der Waals surface area contributed by atoms with Crippen LogP contribution in [0, 0.1) is 0 Å². The van der Waals surface area contributed by atoms with E-state index in [1.807, 2.05) is 19.2 Å². The van der Waals surface area contributed by atoms with Crippen molar-refractivity contribution in [2.45, 2.75) is 12.8 Å². The normalized spacial score (nSPS) is 16.4. The second-order valence-electron chi connectivity index (χ2n) is 5.34. The van der Waals surface area contributed by atoms with E-state index in [1.165, 1.54) is 38.2 Å². The molecule has 4 nitrogen and oxygen atoms in total. The minimum Gasteiger partial charge on any atom is -0.497 e. The number of nitrogens with one attached hydrogen (secondary N) is 1. The lowest BCUT2D eigenvalue weighted by atomic mass is 10.2. The van der Waals surface area contributed by atoms with Crippen LogP contribution in [0.4, 0.5) is 5.69 Å². The zero-order valence-electron chi connectivity index (χ0n) is 12.8. The number of piperazine rings is 1. The summed E-state index contributed by atoms with van der Waals surface area (Å²) in [5, 5.41) is 3.21. The summed E-state index contributed by atoms with van der Waals surface area (Å²) in [6.45, 7) is 6.96. The van der Waals surface area contributed by atoms with Gasteiger partial charge in [-0.05, 0) is 57.2 Å². The molecule has 0 bridgehead atoms. The molecule has 1 aromatic carbocycles. The molecule has 112 valence electrons. The fraction of sp³-hybridized carbons (Fsp3) is 0.625. The van der Waals surface area contributed by atoms with Crippen molar-refractivity contribution in [3.8, 4) is 5.75 Å². The van der Waals surface area contributed by atoms with E-state index >= 15 is 0 Å². The summed E-state index contributed by atoms with van der Waals surface area (Å²) >= 11 is 0. The van der Waals surface area contributed by atoms with Crippen molar-refractivity contribution in [2.75, 3.05) is 58.3 Å². The molecule has 1 aliphatic heterocycles. The number of benzene rings is 1. The zero-order valence-corrected chi connectivity index (χ0v) is 12.8. The molecule has 0 radical (unpaired) electrons. The van der Waals surface area contributed by atoms with Crippen molar-refractivity contribution < 1.29 is 4.74 Å². The molecule has 0 amide bonds. The van der Waals surface area contributed by atoms with Gasteiger partial charge in [-0.15, -0.1) is 0 Å². The summed E-state index contributed by atoms with van der Waals surface area (Å²) in [7, 11) is 3.73. The summed E-state index contributed by atoms with van der Waals surface area (Å²) in [5.74, 6) is 0.928. The molecule has 4 heteroatoms. The van der Waals surface area contributed by atoms with Crippen LogP contribution in [0.3, 0.4) is 0 Å². The molecule has 1 saturated heterocycles. The third kappa shape index (κ3) is 4.39. The second-order valence-corrected chi connectivity index (χ2v) is 5.34. The van der Waals surface area contributed by atoms with Gasteiger partial charge in [-0.3, -0.25) is 4.90 Å². The molecule has 0 saturated carbocycles. The molecular weight excluding hydrogens is 250 g/mol. The Balaban J connectivity index is 1.73. The van der Waals surface area contributed by atoms with E-state index in [0.29, 0.717) is 0 Å². The molecule has 0 atom stereocenters. The minimum absolute atomic E-state index is 0.928. The highest BCUT2D eigenvalue weighted by atomic mass is 16.5. The Morgan fingerprint density at radius 3 is 2.35 bits per heavy atom. The van der Waals surface area contributed by atoms with E-state index in [-0.39, 0.29) is 0 Å². The monoisotopic (exact) mass is 277 g/mol. The average molecular weight is 277 g/mol. The fourth-order valence-corrected chi connectivity index (χ4v) is 2.66. The van der Waals surface area contributed by atoms with Gasteiger partial charge >= 0.3 is 0 Å². The standard InChI is InChI=1S/C16H27N3O/c1-17-9-3-4-10-18-11-13-19(14-12-18)15-5-7-16(20-2)8-6-15/h5-8,17H,3-4,9-14H2,1-2H3.